The fourth-order valence-electron chi connectivity index (χ4n) is 5.02. The molecular weight excluding hydrogens is 438 g/mol. The molecule has 2 aliphatic heterocycles. The summed E-state index contributed by atoms with van der Waals surface area (Å²) >= 11 is 6.12. The molecule has 5 rings (SSSR count). The van der Waals surface area contributed by atoms with Crippen molar-refractivity contribution >= 4 is 34.4 Å². The van der Waals surface area contributed by atoms with E-state index in [1.54, 1.807) is 12.1 Å². The summed E-state index contributed by atoms with van der Waals surface area (Å²) in [6, 6.07) is 14.9. The highest BCUT2D eigenvalue weighted by Gasteiger charge is 2.42. The molecule has 2 amide bonds. The Kier molecular flexibility index (Phi) is 6.13. The first kappa shape index (κ1) is 22.0. The zero-order valence-corrected chi connectivity index (χ0v) is 19.5. The van der Waals surface area contributed by atoms with Gasteiger partial charge in [-0.25, -0.2) is 0 Å². The number of hydrogen-bond donors (Lipinski definition) is 1. The lowest BCUT2D eigenvalue weighted by Gasteiger charge is -2.21. The van der Waals surface area contributed by atoms with E-state index in [2.05, 4.69) is 10.2 Å². The summed E-state index contributed by atoms with van der Waals surface area (Å²) < 4.78 is 5.77. The van der Waals surface area contributed by atoms with E-state index in [1.165, 1.54) is 0 Å². The van der Waals surface area contributed by atoms with Crippen LogP contribution in [0.3, 0.4) is 0 Å². The molecule has 33 heavy (non-hydrogen) atoms. The van der Waals surface area contributed by atoms with Crippen LogP contribution in [0.2, 0.25) is 5.02 Å². The van der Waals surface area contributed by atoms with Crippen molar-refractivity contribution in [2.24, 2.45) is 11.8 Å². The molecule has 2 atom stereocenters. The number of hydrogen-bond acceptors (Lipinski definition) is 4. The number of furan rings is 1. The molecule has 3 heterocycles. The van der Waals surface area contributed by atoms with Gasteiger partial charge in [-0.05, 0) is 61.6 Å². The number of para-hydroxylation sites is 1. The van der Waals surface area contributed by atoms with Crippen LogP contribution in [0.5, 0.6) is 0 Å². The number of fused-ring (bicyclic) bond motifs is 2. The molecule has 0 aliphatic carbocycles. The second-order valence-electron chi connectivity index (χ2n) is 9.21. The largest absolute Gasteiger partial charge is 0.451 e. The molecule has 0 bridgehead atoms. The van der Waals surface area contributed by atoms with E-state index in [4.69, 9.17) is 16.0 Å². The van der Waals surface area contributed by atoms with Gasteiger partial charge in [0.05, 0.1) is 0 Å². The Hall–Kier alpha value is -2.83. The molecule has 172 valence electrons. The monoisotopic (exact) mass is 465 g/mol. The molecule has 6 nitrogen and oxygen atoms in total. The van der Waals surface area contributed by atoms with Crippen molar-refractivity contribution in [1.29, 1.82) is 0 Å². The minimum atomic E-state index is -0.0880. The molecule has 2 fully saturated rings. The van der Waals surface area contributed by atoms with Crippen LogP contribution in [0.25, 0.3) is 11.0 Å². The normalized spacial score (nSPS) is 20.4. The SMILES string of the molecule is Cc1ccc(C(=O)NCCCN2CC3CN(C(=O)c4cc5ccccc5o4)CC3C2)cc1Cl. The highest BCUT2D eigenvalue weighted by molar-refractivity contribution is 6.31. The van der Waals surface area contributed by atoms with Crippen molar-refractivity contribution in [3.05, 3.63) is 70.4 Å². The molecule has 7 heteroatoms. The summed E-state index contributed by atoms with van der Waals surface area (Å²) in [5.41, 5.74) is 2.31. The van der Waals surface area contributed by atoms with Gasteiger partial charge in [0.1, 0.15) is 5.58 Å². The quantitative estimate of drug-likeness (QED) is 0.553. The Morgan fingerprint density at radius 2 is 1.82 bits per heavy atom. The number of carbonyl (C=O) groups is 2. The second kappa shape index (κ2) is 9.20. The predicted octanol–water partition coefficient (Wildman–Crippen LogP) is 4.22. The minimum Gasteiger partial charge on any atom is -0.451 e. The molecule has 2 aliphatic rings. The molecule has 0 spiro atoms. The van der Waals surface area contributed by atoms with E-state index in [1.807, 2.05) is 48.2 Å². The van der Waals surface area contributed by atoms with Crippen molar-refractivity contribution in [2.75, 3.05) is 39.3 Å². The Morgan fingerprint density at radius 3 is 2.55 bits per heavy atom. The third-order valence-electron chi connectivity index (χ3n) is 6.86. The van der Waals surface area contributed by atoms with Crippen molar-refractivity contribution in [3.63, 3.8) is 0 Å². The number of benzene rings is 2. The van der Waals surface area contributed by atoms with Crippen LogP contribution in [-0.4, -0.2) is 60.9 Å². The lowest BCUT2D eigenvalue weighted by molar-refractivity contribution is 0.0745. The summed E-state index contributed by atoms with van der Waals surface area (Å²) in [5.74, 6) is 1.34. The maximum absolute atomic E-state index is 12.9. The number of aryl methyl sites for hydroxylation is 1. The number of amides is 2. The minimum absolute atomic E-state index is 0.00827. The van der Waals surface area contributed by atoms with Gasteiger partial charge < -0.3 is 19.5 Å². The van der Waals surface area contributed by atoms with E-state index < -0.39 is 0 Å². The fourth-order valence-corrected chi connectivity index (χ4v) is 5.20. The molecule has 0 saturated carbocycles. The first-order valence-corrected chi connectivity index (χ1v) is 11.9. The van der Waals surface area contributed by atoms with E-state index >= 15 is 0 Å². The maximum atomic E-state index is 12.9. The van der Waals surface area contributed by atoms with Gasteiger partial charge >= 0.3 is 0 Å². The first-order valence-electron chi connectivity index (χ1n) is 11.5. The predicted molar refractivity (Wildman–Crippen MR) is 129 cm³/mol. The van der Waals surface area contributed by atoms with Crippen LogP contribution < -0.4 is 5.32 Å². The zero-order chi connectivity index (χ0) is 22.9. The van der Waals surface area contributed by atoms with Crippen molar-refractivity contribution < 1.29 is 14.0 Å². The highest BCUT2D eigenvalue weighted by Crippen LogP contribution is 2.32. The number of carbonyl (C=O) groups excluding carboxylic acids is 2. The molecular formula is C26H28ClN3O3. The highest BCUT2D eigenvalue weighted by atomic mass is 35.5. The topological polar surface area (TPSA) is 65.8 Å². The number of halogens is 1. The van der Waals surface area contributed by atoms with Crippen LogP contribution in [0, 0.1) is 18.8 Å². The van der Waals surface area contributed by atoms with Crippen molar-refractivity contribution in [3.8, 4) is 0 Å². The van der Waals surface area contributed by atoms with E-state index in [0.29, 0.717) is 34.7 Å². The van der Waals surface area contributed by atoms with Crippen LogP contribution in [0.1, 0.15) is 32.9 Å². The lowest BCUT2D eigenvalue weighted by atomic mass is 10.0. The van der Waals surface area contributed by atoms with Gasteiger partial charge in [0.15, 0.2) is 5.76 Å². The van der Waals surface area contributed by atoms with E-state index in [0.717, 1.165) is 55.7 Å². The van der Waals surface area contributed by atoms with Crippen LogP contribution in [-0.2, 0) is 0 Å². The molecule has 3 aromatic rings. The fraction of sp³-hybridized carbons (Fsp3) is 0.385. The van der Waals surface area contributed by atoms with Gasteiger partial charge in [0, 0.05) is 48.7 Å². The molecule has 2 unspecified atom stereocenters. The molecule has 0 radical (unpaired) electrons. The van der Waals surface area contributed by atoms with Crippen LogP contribution >= 0.6 is 11.6 Å². The Morgan fingerprint density at radius 1 is 1.06 bits per heavy atom. The number of rotatable bonds is 6. The lowest BCUT2D eigenvalue weighted by Crippen LogP contribution is -2.34. The maximum Gasteiger partial charge on any atom is 0.289 e. The Labute approximate surface area is 198 Å². The van der Waals surface area contributed by atoms with Crippen LogP contribution in [0.4, 0.5) is 0 Å². The average Bonchev–Trinajstić information content (AvgIpc) is 3.50. The molecule has 2 saturated heterocycles. The second-order valence-corrected chi connectivity index (χ2v) is 9.62. The summed E-state index contributed by atoms with van der Waals surface area (Å²) in [6.45, 7) is 7.05. The number of nitrogens with zero attached hydrogens (tertiary/aromatic N) is 2. The summed E-state index contributed by atoms with van der Waals surface area (Å²) in [7, 11) is 0. The molecule has 2 aromatic carbocycles. The van der Waals surface area contributed by atoms with Crippen LogP contribution in [0.15, 0.2) is 52.9 Å². The van der Waals surface area contributed by atoms with Gasteiger partial charge in [-0.15, -0.1) is 0 Å². The summed E-state index contributed by atoms with van der Waals surface area (Å²) in [4.78, 5) is 29.6. The van der Waals surface area contributed by atoms with Gasteiger partial charge in [-0.3, -0.25) is 9.59 Å². The van der Waals surface area contributed by atoms with Crippen molar-refractivity contribution in [2.45, 2.75) is 13.3 Å². The smallest absolute Gasteiger partial charge is 0.289 e. The standard InChI is InChI=1S/C26H28ClN3O3/c1-17-7-8-19(11-22(17)27)25(31)28-9-4-10-29-13-20-15-30(16-21(20)14-29)26(32)24-12-18-5-2-3-6-23(18)33-24/h2-3,5-8,11-12,20-21H,4,9-10,13-16H2,1H3,(H,28,31). The van der Waals surface area contributed by atoms with Gasteiger partial charge in [0.25, 0.3) is 11.8 Å². The third-order valence-corrected chi connectivity index (χ3v) is 7.26. The van der Waals surface area contributed by atoms with Gasteiger partial charge in [-0.1, -0.05) is 35.9 Å². The third kappa shape index (κ3) is 4.63. The Bertz CT molecular complexity index is 1140. The van der Waals surface area contributed by atoms with E-state index in [9.17, 15) is 9.59 Å². The number of nitrogens with one attached hydrogen (secondary N) is 1. The van der Waals surface area contributed by atoms with Crippen molar-refractivity contribution in [1.82, 2.24) is 15.1 Å². The zero-order valence-electron chi connectivity index (χ0n) is 18.7. The molecule has 1 N–H and O–H groups in total. The average molecular weight is 466 g/mol. The Balaban J connectivity index is 1.06. The number of likely N-dealkylation sites (tertiary alicyclic amines) is 2. The van der Waals surface area contributed by atoms with Gasteiger partial charge in [-0.2, -0.15) is 0 Å². The van der Waals surface area contributed by atoms with E-state index in [-0.39, 0.29) is 11.8 Å². The summed E-state index contributed by atoms with van der Waals surface area (Å²) in [6.07, 6.45) is 0.895. The first-order chi connectivity index (χ1) is 16.0. The summed E-state index contributed by atoms with van der Waals surface area (Å²) in [5, 5.41) is 4.56. The van der Waals surface area contributed by atoms with Gasteiger partial charge in [0.2, 0.25) is 0 Å². The molecule has 1 aromatic heterocycles.